The highest BCUT2D eigenvalue weighted by Crippen LogP contribution is 2.32. The summed E-state index contributed by atoms with van der Waals surface area (Å²) in [5, 5.41) is 32.8. The average molecular weight is 263 g/mol. The van der Waals surface area contributed by atoms with Crippen molar-refractivity contribution in [1.82, 2.24) is 0 Å². The molecule has 1 rings (SSSR count). The lowest BCUT2D eigenvalue weighted by atomic mass is 9.85. The summed E-state index contributed by atoms with van der Waals surface area (Å²) in [6.45, 7) is 6.69. The van der Waals surface area contributed by atoms with Crippen LogP contribution in [0, 0.1) is 21.4 Å². The monoisotopic (exact) mass is 263 g/mol. The van der Waals surface area contributed by atoms with E-state index in [-0.39, 0.29) is 11.4 Å². The molecule has 0 aliphatic heterocycles. The van der Waals surface area contributed by atoms with Gasteiger partial charge in [-0.25, -0.2) is 0 Å². The molecule has 6 heteroatoms. The summed E-state index contributed by atoms with van der Waals surface area (Å²) in [6.07, 6.45) is 0. The molecule has 1 aromatic rings. The Morgan fingerprint density at radius 1 is 1.37 bits per heavy atom. The molecular formula is C13H17N3O3. The first-order valence-corrected chi connectivity index (χ1v) is 5.77. The van der Waals surface area contributed by atoms with E-state index in [4.69, 9.17) is 5.26 Å². The lowest BCUT2D eigenvalue weighted by Gasteiger charge is -2.38. The topological polar surface area (TPSA) is 99.2 Å². The third-order valence-corrected chi connectivity index (χ3v) is 3.30. The van der Waals surface area contributed by atoms with Crippen molar-refractivity contribution >= 4 is 11.4 Å². The Labute approximate surface area is 111 Å². The minimum Gasteiger partial charge on any atom is -0.388 e. The van der Waals surface area contributed by atoms with Crippen molar-refractivity contribution in [3.05, 3.63) is 33.9 Å². The number of nitro benzene ring substituents is 1. The molecule has 0 amide bonds. The van der Waals surface area contributed by atoms with E-state index >= 15 is 0 Å². The molecule has 0 saturated carbocycles. The molecule has 6 nitrogen and oxygen atoms in total. The van der Waals surface area contributed by atoms with Crippen molar-refractivity contribution in [2.45, 2.75) is 38.8 Å². The molecule has 0 aliphatic carbocycles. The minimum atomic E-state index is -1.09. The van der Waals surface area contributed by atoms with Gasteiger partial charge in [0.05, 0.1) is 27.7 Å². The summed E-state index contributed by atoms with van der Waals surface area (Å²) in [4.78, 5) is 10.5. The zero-order valence-electron chi connectivity index (χ0n) is 11.4. The molecule has 0 heterocycles. The Kier molecular flexibility index (Phi) is 3.82. The first-order valence-electron chi connectivity index (χ1n) is 5.77. The molecule has 0 aromatic heterocycles. The van der Waals surface area contributed by atoms with Crippen LogP contribution in [0.3, 0.4) is 0 Å². The zero-order chi connectivity index (χ0) is 14.8. The molecular weight excluding hydrogens is 246 g/mol. The Balaban J connectivity index is 3.26. The van der Waals surface area contributed by atoms with E-state index in [1.165, 1.54) is 18.2 Å². The predicted molar refractivity (Wildman–Crippen MR) is 71.8 cm³/mol. The fourth-order valence-corrected chi connectivity index (χ4v) is 1.35. The summed E-state index contributed by atoms with van der Waals surface area (Å²) in [5.41, 5.74) is -1.48. The maximum atomic E-state index is 11.0. The van der Waals surface area contributed by atoms with Crippen LogP contribution in [0.15, 0.2) is 18.2 Å². The van der Waals surface area contributed by atoms with Gasteiger partial charge in [0.1, 0.15) is 5.69 Å². The third kappa shape index (κ3) is 3.20. The maximum Gasteiger partial charge on any atom is 0.292 e. The SMILES string of the molecule is CC(C)(O)C(C)(C)Nc1cc(C#N)ccc1[N+](=O)[O-]. The summed E-state index contributed by atoms with van der Waals surface area (Å²) >= 11 is 0. The van der Waals surface area contributed by atoms with Gasteiger partial charge in [-0.2, -0.15) is 5.26 Å². The van der Waals surface area contributed by atoms with Crippen LogP contribution in [-0.4, -0.2) is 21.2 Å². The zero-order valence-corrected chi connectivity index (χ0v) is 11.4. The molecule has 0 atom stereocenters. The minimum absolute atomic E-state index is 0.128. The molecule has 0 aliphatic rings. The molecule has 102 valence electrons. The standard InChI is InChI=1S/C13H17N3O3/c1-12(2,13(3,4)17)15-10-7-9(8-14)5-6-11(10)16(18)19/h5-7,15,17H,1-4H3. The molecule has 0 unspecified atom stereocenters. The summed E-state index contributed by atoms with van der Waals surface area (Å²) in [7, 11) is 0. The fraction of sp³-hybridized carbons (Fsp3) is 0.462. The van der Waals surface area contributed by atoms with Crippen LogP contribution in [-0.2, 0) is 0 Å². The summed E-state index contributed by atoms with van der Waals surface area (Å²) in [6, 6.07) is 6.01. The lowest BCUT2D eigenvalue weighted by Crippen LogP contribution is -2.51. The molecule has 1 aromatic carbocycles. The van der Waals surface area contributed by atoms with E-state index < -0.39 is 16.1 Å². The van der Waals surface area contributed by atoms with Gasteiger partial charge in [-0.15, -0.1) is 0 Å². The van der Waals surface area contributed by atoms with Gasteiger partial charge in [0.15, 0.2) is 0 Å². The first kappa shape index (κ1) is 14.9. The smallest absolute Gasteiger partial charge is 0.292 e. The number of nitrogens with one attached hydrogen (secondary N) is 1. The van der Waals surface area contributed by atoms with E-state index in [1.807, 2.05) is 6.07 Å². The average Bonchev–Trinajstić information content (AvgIpc) is 2.26. The first-order chi connectivity index (χ1) is 8.58. The van der Waals surface area contributed by atoms with E-state index in [0.29, 0.717) is 5.56 Å². The van der Waals surface area contributed by atoms with Gasteiger partial charge in [0, 0.05) is 6.07 Å². The highest BCUT2D eigenvalue weighted by Gasteiger charge is 2.36. The van der Waals surface area contributed by atoms with E-state index in [9.17, 15) is 15.2 Å². The summed E-state index contributed by atoms with van der Waals surface area (Å²) in [5.74, 6) is 0. The van der Waals surface area contributed by atoms with Gasteiger partial charge in [-0.3, -0.25) is 10.1 Å². The van der Waals surface area contributed by atoms with Gasteiger partial charge >= 0.3 is 0 Å². The third-order valence-electron chi connectivity index (χ3n) is 3.30. The van der Waals surface area contributed by atoms with Gasteiger partial charge in [0.2, 0.25) is 0 Å². The molecule has 19 heavy (non-hydrogen) atoms. The second-order valence-electron chi connectivity index (χ2n) is 5.41. The Morgan fingerprint density at radius 3 is 2.37 bits per heavy atom. The van der Waals surface area contributed by atoms with Crippen LogP contribution in [0.1, 0.15) is 33.3 Å². The van der Waals surface area contributed by atoms with Gasteiger partial charge < -0.3 is 10.4 Å². The molecule has 0 saturated heterocycles. The van der Waals surface area contributed by atoms with Crippen LogP contribution in [0.4, 0.5) is 11.4 Å². The molecule has 0 fully saturated rings. The van der Waals surface area contributed by atoms with Gasteiger partial charge in [-0.1, -0.05) is 0 Å². The number of aliphatic hydroxyl groups is 1. The fourth-order valence-electron chi connectivity index (χ4n) is 1.35. The van der Waals surface area contributed by atoms with E-state index in [2.05, 4.69) is 5.32 Å². The van der Waals surface area contributed by atoms with Crippen LogP contribution in [0.2, 0.25) is 0 Å². The highest BCUT2D eigenvalue weighted by molar-refractivity contribution is 5.65. The molecule has 0 spiro atoms. The van der Waals surface area contributed by atoms with Crippen molar-refractivity contribution in [1.29, 1.82) is 5.26 Å². The number of hydrogen-bond acceptors (Lipinski definition) is 5. The number of hydrogen-bond donors (Lipinski definition) is 2. The second-order valence-corrected chi connectivity index (χ2v) is 5.41. The van der Waals surface area contributed by atoms with Crippen LogP contribution in [0.25, 0.3) is 0 Å². The number of rotatable bonds is 4. The van der Waals surface area contributed by atoms with Crippen molar-refractivity contribution in [3.8, 4) is 6.07 Å². The van der Waals surface area contributed by atoms with Crippen molar-refractivity contribution in [2.24, 2.45) is 0 Å². The lowest BCUT2D eigenvalue weighted by molar-refractivity contribution is -0.384. The Hall–Kier alpha value is -2.13. The molecule has 0 radical (unpaired) electrons. The molecule has 0 bridgehead atoms. The number of nitrogens with zero attached hydrogens (tertiary/aromatic N) is 2. The van der Waals surface area contributed by atoms with Crippen LogP contribution >= 0.6 is 0 Å². The van der Waals surface area contributed by atoms with Crippen molar-refractivity contribution in [3.63, 3.8) is 0 Å². The normalized spacial score (nSPS) is 11.8. The van der Waals surface area contributed by atoms with Crippen molar-refractivity contribution < 1.29 is 10.0 Å². The van der Waals surface area contributed by atoms with E-state index in [1.54, 1.807) is 27.7 Å². The van der Waals surface area contributed by atoms with Gasteiger partial charge in [0.25, 0.3) is 5.69 Å². The number of benzene rings is 1. The quantitative estimate of drug-likeness (QED) is 0.642. The molecule has 2 N–H and O–H groups in total. The number of nitriles is 1. The van der Waals surface area contributed by atoms with Crippen molar-refractivity contribution in [2.75, 3.05) is 5.32 Å². The van der Waals surface area contributed by atoms with E-state index in [0.717, 1.165) is 0 Å². The number of anilines is 1. The van der Waals surface area contributed by atoms with Crippen LogP contribution in [0.5, 0.6) is 0 Å². The number of nitro groups is 1. The predicted octanol–water partition coefficient (Wildman–Crippen LogP) is 2.43. The van der Waals surface area contributed by atoms with Crippen LogP contribution < -0.4 is 5.32 Å². The largest absolute Gasteiger partial charge is 0.388 e. The maximum absolute atomic E-state index is 11.0. The summed E-state index contributed by atoms with van der Waals surface area (Å²) < 4.78 is 0. The Morgan fingerprint density at radius 2 is 1.95 bits per heavy atom. The second kappa shape index (κ2) is 4.86. The highest BCUT2D eigenvalue weighted by atomic mass is 16.6. The van der Waals surface area contributed by atoms with Gasteiger partial charge in [-0.05, 0) is 39.8 Å². The Bertz CT molecular complexity index is 539.